The molecule has 142 valence electrons. The van der Waals surface area contributed by atoms with Crippen LogP contribution in [0.25, 0.3) is 10.9 Å². The van der Waals surface area contributed by atoms with Gasteiger partial charge in [-0.3, -0.25) is 0 Å². The summed E-state index contributed by atoms with van der Waals surface area (Å²) in [5, 5.41) is 8.03. The standard InChI is InChI=1S/C23H25N5/c1-16-7-9-18(10-8-16)14-26-23-27-17(2)13-22(28-23)24-12-11-19-15-25-21-6-4-3-5-20(19)21/h3-10,13,15,25H,11-12,14H2,1-2H3,(H2,24,26,27,28). The van der Waals surface area contributed by atoms with Crippen molar-refractivity contribution >= 4 is 22.7 Å². The average molecular weight is 371 g/mol. The molecule has 3 N–H and O–H groups in total. The summed E-state index contributed by atoms with van der Waals surface area (Å²) in [7, 11) is 0. The molecule has 0 atom stereocenters. The topological polar surface area (TPSA) is 65.6 Å². The maximum Gasteiger partial charge on any atom is 0.225 e. The van der Waals surface area contributed by atoms with Gasteiger partial charge in [-0.1, -0.05) is 48.0 Å². The number of hydrogen-bond acceptors (Lipinski definition) is 4. The number of nitrogens with one attached hydrogen (secondary N) is 3. The number of aryl methyl sites for hydroxylation is 2. The molecule has 0 spiro atoms. The molecule has 0 aliphatic rings. The Kier molecular flexibility index (Phi) is 5.24. The number of hydrogen-bond donors (Lipinski definition) is 3. The van der Waals surface area contributed by atoms with Crippen molar-refractivity contribution in [1.82, 2.24) is 15.0 Å². The fraction of sp³-hybridized carbons (Fsp3) is 0.217. The van der Waals surface area contributed by atoms with E-state index in [4.69, 9.17) is 0 Å². The first-order valence-corrected chi connectivity index (χ1v) is 9.61. The van der Waals surface area contributed by atoms with Gasteiger partial charge in [0.15, 0.2) is 0 Å². The molecule has 0 aliphatic heterocycles. The zero-order valence-corrected chi connectivity index (χ0v) is 16.3. The minimum atomic E-state index is 0.648. The van der Waals surface area contributed by atoms with Crippen molar-refractivity contribution < 1.29 is 0 Å². The summed E-state index contributed by atoms with van der Waals surface area (Å²) in [5.74, 6) is 1.49. The lowest BCUT2D eigenvalue weighted by Crippen LogP contribution is -2.10. The van der Waals surface area contributed by atoms with E-state index in [2.05, 4.69) is 87.2 Å². The van der Waals surface area contributed by atoms with Crippen LogP contribution in [0.5, 0.6) is 0 Å². The van der Waals surface area contributed by atoms with Gasteiger partial charge in [0.1, 0.15) is 5.82 Å². The van der Waals surface area contributed by atoms with Gasteiger partial charge in [0.2, 0.25) is 5.95 Å². The number of aromatic nitrogens is 3. The second kappa shape index (κ2) is 8.13. The molecule has 0 amide bonds. The van der Waals surface area contributed by atoms with Crippen molar-refractivity contribution in [2.75, 3.05) is 17.2 Å². The SMILES string of the molecule is Cc1ccc(CNc2nc(C)cc(NCCc3c[nH]c4ccccc34)n2)cc1. The Balaban J connectivity index is 1.37. The zero-order valence-electron chi connectivity index (χ0n) is 16.3. The number of aromatic amines is 1. The van der Waals surface area contributed by atoms with E-state index < -0.39 is 0 Å². The van der Waals surface area contributed by atoms with E-state index in [-0.39, 0.29) is 0 Å². The first-order valence-electron chi connectivity index (χ1n) is 9.61. The molecular formula is C23H25N5. The summed E-state index contributed by atoms with van der Waals surface area (Å²) in [4.78, 5) is 12.4. The van der Waals surface area contributed by atoms with Crippen LogP contribution in [0.15, 0.2) is 60.8 Å². The number of nitrogens with zero attached hydrogens (tertiary/aromatic N) is 2. The average Bonchev–Trinajstić information content (AvgIpc) is 3.11. The molecule has 5 nitrogen and oxygen atoms in total. The van der Waals surface area contributed by atoms with Gasteiger partial charge in [-0.05, 0) is 37.5 Å². The van der Waals surface area contributed by atoms with Gasteiger partial charge in [-0.25, -0.2) is 4.98 Å². The highest BCUT2D eigenvalue weighted by molar-refractivity contribution is 5.83. The highest BCUT2D eigenvalue weighted by Crippen LogP contribution is 2.18. The summed E-state index contributed by atoms with van der Waals surface area (Å²) >= 11 is 0. The number of fused-ring (bicyclic) bond motifs is 1. The second-order valence-electron chi connectivity index (χ2n) is 7.09. The molecule has 2 heterocycles. The van der Waals surface area contributed by atoms with Gasteiger partial charge in [0.05, 0.1) is 0 Å². The van der Waals surface area contributed by atoms with Crippen LogP contribution < -0.4 is 10.6 Å². The van der Waals surface area contributed by atoms with E-state index in [0.717, 1.165) is 24.5 Å². The van der Waals surface area contributed by atoms with Gasteiger partial charge in [0.25, 0.3) is 0 Å². The molecule has 2 aromatic heterocycles. The molecule has 0 unspecified atom stereocenters. The molecule has 4 rings (SSSR count). The first-order chi connectivity index (χ1) is 13.7. The van der Waals surface area contributed by atoms with Crippen LogP contribution >= 0.6 is 0 Å². The van der Waals surface area contributed by atoms with Crippen LogP contribution in [0.3, 0.4) is 0 Å². The van der Waals surface area contributed by atoms with Crippen LogP contribution in [0.1, 0.15) is 22.4 Å². The normalized spacial score (nSPS) is 10.9. The fourth-order valence-electron chi connectivity index (χ4n) is 3.29. The Morgan fingerprint density at radius 3 is 2.61 bits per heavy atom. The zero-order chi connectivity index (χ0) is 19.3. The molecule has 0 bridgehead atoms. The van der Waals surface area contributed by atoms with E-state index in [1.165, 1.54) is 27.6 Å². The van der Waals surface area contributed by atoms with Crippen molar-refractivity contribution in [3.05, 3.63) is 83.2 Å². The van der Waals surface area contributed by atoms with Gasteiger partial charge in [0, 0.05) is 41.9 Å². The quantitative estimate of drug-likeness (QED) is 0.435. The molecule has 4 aromatic rings. The summed E-state index contributed by atoms with van der Waals surface area (Å²) in [5.41, 5.74) is 5.90. The van der Waals surface area contributed by atoms with E-state index in [9.17, 15) is 0 Å². The molecular weight excluding hydrogens is 346 g/mol. The third-order valence-corrected chi connectivity index (χ3v) is 4.80. The molecule has 5 heteroatoms. The lowest BCUT2D eigenvalue weighted by molar-refractivity contribution is 0.986. The largest absolute Gasteiger partial charge is 0.370 e. The van der Waals surface area contributed by atoms with Crippen LogP contribution in [0.2, 0.25) is 0 Å². The Hall–Kier alpha value is -3.34. The fourth-order valence-corrected chi connectivity index (χ4v) is 3.29. The van der Waals surface area contributed by atoms with Gasteiger partial charge in [-0.2, -0.15) is 4.98 Å². The predicted molar refractivity (Wildman–Crippen MR) is 116 cm³/mol. The number of anilines is 2. The molecule has 0 saturated heterocycles. The number of para-hydroxylation sites is 1. The summed E-state index contributed by atoms with van der Waals surface area (Å²) in [6.45, 7) is 5.60. The second-order valence-corrected chi connectivity index (χ2v) is 7.09. The Morgan fingerprint density at radius 1 is 0.929 bits per heavy atom. The highest BCUT2D eigenvalue weighted by Gasteiger charge is 2.05. The molecule has 2 aromatic carbocycles. The summed E-state index contributed by atoms with van der Waals surface area (Å²) in [6.07, 6.45) is 3.02. The van der Waals surface area contributed by atoms with Crippen molar-refractivity contribution in [1.29, 1.82) is 0 Å². The maximum absolute atomic E-state index is 4.61. The Morgan fingerprint density at radius 2 is 1.75 bits per heavy atom. The Bertz CT molecular complexity index is 1070. The van der Waals surface area contributed by atoms with Crippen molar-refractivity contribution in [3.63, 3.8) is 0 Å². The third kappa shape index (κ3) is 4.31. The lowest BCUT2D eigenvalue weighted by atomic mass is 10.1. The highest BCUT2D eigenvalue weighted by atomic mass is 15.1. The van der Waals surface area contributed by atoms with Crippen molar-refractivity contribution in [2.24, 2.45) is 0 Å². The van der Waals surface area contributed by atoms with E-state index in [0.29, 0.717) is 12.5 Å². The minimum Gasteiger partial charge on any atom is -0.370 e. The van der Waals surface area contributed by atoms with Crippen LogP contribution in [0, 0.1) is 13.8 Å². The first kappa shape index (κ1) is 18.0. The molecule has 0 radical (unpaired) electrons. The van der Waals surface area contributed by atoms with Gasteiger partial charge >= 0.3 is 0 Å². The van der Waals surface area contributed by atoms with E-state index in [1.54, 1.807) is 0 Å². The predicted octanol–water partition coefficient (Wildman–Crippen LogP) is 4.84. The van der Waals surface area contributed by atoms with Crippen molar-refractivity contribution in [3.8, 4) is 0 Å². The van der Waals surface area contributed by atoms with Crippen LogP contribution in [-0.2, 0) is 13.0 Å². The third-order valence-electron chi connectivity index (χ3n) is 4.80. The smallest absolute Gasteiger partial charge is 0.225 e. The molecule has 0 aliphatic carbocycles. The maximum atomic E-state index is 4.61. The number of benzene rings is 2. The van der Waals surface area contributed by atoms with Crippen molar-refractivity contribution in [2.45, 2.75) is 26.8 Å². The van der Waals surface area contributed by atoms with Gasteiger partial charge < -0.3 is 15.6 Å². The van der Waals surface area contributed by atoms with Gasteiger partial charge in [-0.15, -0.1) is 0 Å². The number of H-pyrrole nitrogens is 1. The van der Waals surface area contributed by atoms with Crippen LogP contribution in [-0.4, -0.2) is 21.5 Å². The van der Waals surface area contributed by atoms with E-state index >= 15 is 0 Å². The molecule has 28 heavy (non-hydrogen) atoms. The monoisotopic (exact) mass is 371 g/mol. The molecule has 0 fully saturated rings. The van der Waals surface area contributed by atoms with Crippen LogP contribution in [0.4, 0.5) is 11.8 Å². The van der Waals surface area contributed by atoms with E-state index in [1.807, 2.05) is 13.0 Å². The summed E-state index contributed by atoms with van der Waals surface area (Å²) in [6, 6.07) is 18.8. The lowest BCUT2D eigenvalue weighted by Gasteiger charge is -2.10. The minimum absolute atomic E-state index is 0.648. The molecule has 0 saturated carbocycles. The summed E-state index contributed by atoms with van der Waals surface area (Å²) < 4.78 is 0. The number of rotatable bonds is 7. The Labute approximate surface area is 165 Å².